The number of halogens is 1. The highest BCUT2D eigenvalue weighted by Gasteiger charge is 2.35. The third kappa shape index (κ3) is 3.84. The Morgan fingerprint density at radius 3 is 2.61 bits per heavy atom. The third-order valence-corrected chi connectivity index (χ3v) is 6.33. The largest absolute Gasteiger partial charge is 0.336 e. The van der Waals surface area contributed by atoms with E-state index in [1.54, 1.807) is 12.1 Å². The van der Waals surface area contributed by atoms with Crippen LogP contribution >= 0.6 is 11.3 Å². The Morgan fingerprint density at radius 2 is 1.89 bits per heavy atom. The molecule has 1 amide bonds. The molecule has 0 unspecified atom stereocenters. The molecule has 4 nitrogen and oxygen atoms in total. The summed E-state index contributed by atoms with van der Waals surface area (Å²) in [6.45, 7) is 3.03. The van der Waals surface area contributed by atoms with Crippen molar-refractivity contribution in [3.8, 4) is 0 Å². The van der Waals surface area contributed by atoms with Crippen LogP contribution in [-0.2, 0) is 6.42 Å². The molecule has 3 aromatic rings. The Hall–Kier alpha value is -2.57. The molecular weight excluding hydrogens is 373 g/mol. The third-order valence-electron chi connectivity index (χ3n) is 5.18. The van der Waals surface area contributed by atoms with Gasteiger partial charge in [0.05, 0.1) is 10.7 Å². The molecule has 0 radical (unpaired) electrons. The first-order valence-corrected chi connectivity index (χ1v) is 10.1. The van der Waals surface area contributed by atoms with E-state index in [2.05, 4.69) is 17.1 Å². The summed E-state index contributed by atoms with van der Waals surface area (Å²) in [7, 11) is 0. The Bertz CT molecular complexity index is 971. The van der Waals surface area contributed by atoms with Gasteiger partial charge >= 0.3 is 0 Å². The van der Waals surface area contributed by atoms with Crippen LogP contribution in [0.4, 0.5) is 4.39 Å². The molecule has 1 fully saturated rings. The van der Waals surface area contributed by atoms with Crippen LogP contribution in [0.3, 0.4) is 0 Å². The molecule has 1 saturated heterocycles. The van der Waals surface area contributed by atoms with E-state index in [1.807, 2.05) is 30.0 Å². The molecule has 0 spiro atoms. The lowest BCUT2D eigenvalue weighted by molar-refractivity contribution is 0.0793. The number of amides is 1. The van der Waals surface area contributed by atoms with Gasteiger partial charge in [-0.15, -0.1) is 11.3 Å². The number of aromatic nitrogens is 1. The van der Waals surface area contributed by atoms with Crippen LogP contribution in [0, 0.1) is 12.7 Å². The van der Waals surface area contributed by atoms with Crippen LogP contribution in [0.5, 0.6) is 0 Å². The summed E-state index contributed by atoms with van der Waals surface area (Å²) in [6, 6.07) is 16.4. The second-order valence-corrected chi connectivity index (χ2v) is 8.30. The van der Waals surface area contributed by atoms with Crippen LogP contribution in [0.25, 0.3) is 0 Å². The van der Waals surface area contributed by atoms with Gasteiger partial charge < -0.3 is 10.6 Å². The standard InChI is InChI=1S/C22H22FN3OS/c1-14-21(28-20(25-14)11-15-7-9-17(23)10-8-15)22(27)26-12-18(19(24)13-26)16-5-3-2-4-6-16/h2-10,18-19H,11-13,24H2,1H3/t18-,19+/m0/s1. The number of nitrogens with two attached hydrogens (primary N) is 1. The fourth-order valence-electron chi connectivity index (χ4n) is 3.69. The number of hydrogen-bond donors (Lipinski definition) is 1. The molecule has 0 saturated carbocycles. The van der Waals surface area contributed by atoms with Crippen LogP contribution in [0.1, 0.15) is 37.4 Å². The fourth-order valence-corrected chi connectivity index (χ4v) is 4.76. The molecule has 28 heavy (non-hydrogen) atoms. The Balaban J connectivity index is 1.49. The number of benzene rings is 2. The van der Waals surface area contributed by atoms with Gasteiger partial charge in [0.1, 0.15) is 10.7 Å². The number of nitrogens with zero attached hydrogens (tertiary/aromatic N) is 2. The summed E-state index contributed by atoms with van der Waals surface area (Å²) in [5.41, 5.74) is 9.22. The number of hydrogen-bond acceptors (Lipinski definition) is 4. The van der Waals surface area contributed by atoms with Gasteiger partial charge in [-0.1, -0.05) is 42.5 Å². The van der Waals surface area contributed by atoms with Gasteiger partial charge in [0, 0.05) is 31.5 Å². The first-order chi connectivity index (χ1) is 13.5. The van der Waals surface area contributed by atoms with Gasteiger partial charge in [-0.05, 0) is 30.2 Å². The first kappa shape index (κ1) is 18.8. The van der Waals surface area contributed by atoms with Crippen molar-refractivity contribution in [1.82, 2.24) is 9.88 Å². The maximum Gasteiger partial charge on any atom is 0.265 e. The molecule has 4 rings (SSSR count). The van der Waals surface area contributed by atoms with E-state index < -0.39 is 0 Å². The zero-order valence-electron chi connectivity index (χ0n) is 15.6. The van der Waals surface area contributed by atoms with Crippen LogP contribution in [-0.4, -0.2) is 34.9 Å². The molecule has 6 heteroatoms. The summed E-state index contributed by atoms with van der Waals surface area (Å²) in [5.74, 6) is -0.112. The second kappa shape index (κ2) is 7.81. The first-order valence-electron chi connectivity index (χ1n) is 9.32. The monoisotopic (exact) mass is 395 g/mol. The van der Waals surface area contributed by atoms with Gasteiger partial charge in [-0.2, -0.15) is 0 Å². The molecule has 1 aromatic heterocycles. The Labute approximate surface area is 167 Å². The molecule has 2 atom stereocenters. The van der Waals surface area contributed by atoms with E-state index in [1.165, 1.54) is 29.0 Å². The van der Waals surface area contributed by atoms with E-state index >= 15 is 0 Å². The van der Waals surface area contributed by atoms with E-state index in [4.69, 9.17) is 5.73 Å². The lowest BCUT2D eigenvalue weighted by Gasteiger charge is -2.16. The summed E-state index contributed by atoms with van der Waals surface area (Å²) < 4.78 is 13.1. The Morgan fingerprint density at radius 1 is 1.18 bits per heavy atom. The average molecular weight is 396 g/mol. The lowest BCUT2D eigenvalue weighted by Crippen LogP contribution is -2.32. The van der Waals surface area contributed by atoms with Crippen molar-refractivity contribution in [2.75, 3.05) is 13.1 Å². The van der Waals surface area contributed by atoms with E-state index in [-0.39, 0.29) is 23.7 Å². The smallest absolute Gasteiger partial charge is 0.265 e. The maximum absolute atomic E-state index is 13.1. The maximum atomic E-state index is 13.1. The van der Waals surface area contributed by atoms with Crippen LogP contribution in [0.15, 0.2) is 54.6 Å². The zero-order valence-corrected chi connectivity index (χ0v) is 16.5. The summed E-state index contributed by atoms with van der Waals surface area (Å²) in [5, 5.41) is 0.857. The zero-order chi connectivity index (χ0) is 19.7. The Kier molecular flexibility index (Phi) is 5.24. The van der Waals surface area contributed by atoms with Gasteiger partial charge in [0.2, 0.25) is 0 Å². The number of rotatable bonds is 4. The summed E-state index contributed by atoms with van der Waals surface area (Å²) in [4.78, 5) is 20.2. The number of carbonyl (C=O) groups excluding carboxylic acids is 1. The van der Waals surface area contributed by atoms with Gasteiger partial charge in [0.25, 0.3) is 5.91 Å². The number of carbonyl (C=O) groups is 1. The number of thiazole rings is 1. The SMILES string of the molecule is Cc1nc(Cc2ccc(F)cc2)sc1C(=O)N1C[C@@H](N)[C@H](c2ccccc2)C1. The molecule has 1 aliphatic rings. The molecule has 0 bridgehead atoms. The molecule has 2 heterocycles. The number of likely N-dealkylation sites (tertiary alicyclic amines) is 1. The highest BCUT2D eigenvalue weighted by molar-refractivity contribution is 7.13. The summed E-state index contributed by atoms with van der Waals surface area (Å²) in [6.07, 6.45) is 0.589. The summed E-state index contributed by atoms with van der Waals surface area (Å²) >= 11 is 1.41. The number of aryl methyl sites for hydroxylation is 1. The predicted octanol–water partition coefficient (Wildman–Crippen LogP) is 3.75. The van der Waals surface area contributed by atoms with Crippen molar-refractivity contribution in [3.63, 3.8) is 0 Å². The molecule has 144 valence electrons. The topological polar surface area (TPSA) is 59.2 Å². The molecule has 0 aliphatic carbocycles. The van der Waals surface area contributed by atoms with E-state index in [0.717, 1.165) is 16.3 Å². The van der Waals surface area contributed by atoms with Crippen LogP contribution in [0.2, 0.25) is 0 Å². The van der Waals surface area contributed by atoms with Crippen molar-refractivity contribution >= 4 is 17.2 Å². The minimum Gasteiger partial charge on any atom is -0.336 e. The van der Waals surface area contributed by atoms with Crippen molar-refractivity contribution in [2.24, 2.45) is 5.73 Å². The van der Waals surface area contributed by atoms with Crippen molar-refractivity contribution < 1.29 is 9.18 Å². The van der Waals surface area contributed by atoms with Gasteiger partial charge in [-0.3, -0.25) is 4.79 Å². The van der Waals surface area contributed by atoms with Crippen molar-refractivity contribution in [3.05, 3.63) is 87.1 Å². The molecule has 1 aliphatic heterocycles. The molecule has 2 N–H and O–H groups in total. The molecule has 2 aromatic carbocycles. The van der Waals surface area contributed by atoms with Crippen molar-refractivity contribution in [1.29, 1.82) is 0 Å². The molecular formula is C22H22FN3OS. The predicted molar refractivity (Wildman–Crippen MR) is 109 cm³/mol. The average Bonchev–Trinajstić information content (AvgIpc) is 3.26. The van der Waals surface area contributed by atoms with Gasteiger partial charge in [-0.25, -0.2) is 9.37 Å². The normalized spacial score (nSPS) is 19.2. The van der Waals surface area contributed by atoms with Crippen molar-refractivity contribution in [2.45, 2.75) is 25.3 Å². The lowest BCUT2D eigenvalue weighted by atomic mass is 9.95. The fraction of sp³-hybridized carbons (Fsp3) is 0.273. The minimum atomic E-state index is -0.256. The van der Waals surface area contributed by atoms with E-state index in [0.29, 0.717) is 24.4 Å². The highest BCUT2D eigenvalue weighted by Crippen LogP contribution is 2.29. The van der Waals surface area contributed by atoms with Gasteiger partial charge in [0.15, 0.2) is 0 Å². The minimum absolute atomic E-state index is 0.00534. The quantitative estimate of drug-likeness (QED) is 0.732. The highest BCUT2D eigenvalue weighted by atomic mass is 32.1. The van der Waals surface area contributed by atoms with E-state index in [9.17, 15) is 9.18 Å². The van der Waals surface area contributed by atoms with Crippen LogP contribution < -0.4 is 5.73 Å². The second-order valence-electron chi connectivity index (χ2n) is 7.22.